The molecule has 0 amide bonds. The summed E-state index contributed by atoms with van der Waals surface area (Å²) in [5.74, 6) is 0.123. The molecular formula is C6H8F4S2. The van der Waals surface area contributed by atoms with Crippen LogP contribution in [0.5, 0.6) is 0 Å². The molecule has 0 aliphatic rings. The van der Waals surface area contributed by atoms with Gasteiger partial charge < -0.3 is 0 Å². The van der Waals surface area contributed by atoms with Gasteiger partial charge in [-0.05, 0) is 12.2 Å². The average molecular weight is 220 g/mol. The molecule has 0 fully saturated rings. The summed E-state index contributed by atoms with van der Waals surface area (Å²) in [6.45, 7) is 0. The molecule has 6 heteroatoms. The Morgan fingerprint density at radius 1 is 0.917 bits per heavy atom. The standard InChI is InChI=1S/C6H6F4S.H2S/c7-5(8)1-3-11-4-2-6(9)10;/h1-2H,3-4H2;1H2. The first kappa shape index (κ1) is 14.4. The van der Waals surface area contributed by atoms with Crippen LogP contribution in [0.4, 0.5) is 17.6 Å². The Labute approximate surface area is 79.2 Å². The SMILES string of the molecule is FC(F)=CCSCC=C(F)F.S. The molecule has 0 rings (SSSR count). The lowest BCUT2D eigenvalue weighted by molar-refractivity contribution is 0.420. The molecule has 0 aromatic heterocycles. The molecule has 0 nitrogen and oxygen atoms in total. The molecule has 0 aromatic carbocycles. The highest BCUT2D eigenvalue weighted by Crippen LogP contribution is 2.07. The summed E-state index contributed by atoms with van der Waals surface area (Å²) in [5, 5.41) is 0. The predicted octanol–water partition coefficient (Wildman–Crippen LogP) is 3.39. The monoisotopic (exact) mass is 220 g/mol. The van der Waals surface area contributed by atoms with Crippen LogP contribution in [0.1, 0.15) is 0 Å². The Hall–Kier alpha value is -0.100. The molecule has 0 aliphatic carbocycles. The van der Waals surface area contributed by atoms with E-state index in [0.29, 0.717) is 12.2 Å². The van der Waals surface area contributed by atoms with Crippen molar-refractivity contribution in [1.29, 1.82) is 0 Å². The van der Waals surface area contributed by atoms with E-state index >= 15 is 0 Å². The molecule has 0 radical (unpaired) electrons. The number of hydrogen-bond donors (Lipinski definition) is 0. The summed E-state index contributed by atoms with van der Waals surface area (Å²) in [4.78, 5) is 0. The Kier molecular flexibility index (Phi) is 10.8. The van der Waals surface area contributed by atoms with Gasteiger partial charge in [-0.25, -0.2) is 0 Å². The third-order valence-corrected chi connectivity index (χ3v) is 1.52. The summed E-state index contributed by atoms with van der Waals surface area (Å²) < 4.78 is 45.2. The molecule has 0 saturated heterocycles. The predicted molar refractivity (Wildman–Crippen MR) is 48.3 cm³/mol. The minimum Gasteiger partial charge on any atom is -0.197 e. The third-order valence-electron chi connectivity index (χ3n) is 0.711. The number of hydrogen-bond acceptors (Lipinski definition) is 1. The van der Waals surface area contributed by atoms with Crippen LogP contribution in [0.3, 0.4) is 0 Å². The molecule has 0 heterocycles. The van der Waals surface area contributed by atoms with E-state index in [0.717, 1.165) is 11.8 Å². The van der Waals surface area contributed by atoms with E-state index in [2.05, 4.69) is 0 Å². The van der Waals surface area contributed by atoms with Crippen LogP contribution < -0.4 is 0 Å². The van der Waals surface area contributed by atoms with Crippen LogP contribution >= 0.6 is 25.3 Å². The van der Waals surface area contributed by atoms with Crippen molar-refractivity contribution in [1.82, 2.24) is 0 Å². The van der Waals surface area contributed by atoms with Crippen molar-refractivity contribution in [3.05, 3.63) is 24.3 Å². The lowest BCUT2D eigenvalue weighted by atomic mass is 10.7. The molecule has 0 N–H and O–H groups in total. The largest absolute Gasteiger partial charge is 0.267 e. The highest BCUT2D eigenvalue weighted by Gasteiger charge is 1.89. The maximum atomic E-state index is 11.3. The smallest absolute Gasteiger partial charge is 0.197 e. The van der Waals surface area contributed by atoms with Crippen LogP contribution in [-0.2, 0) is 0 Å². The van der Waals surface area contributed by atoms with E-state index in [1.165, 1.54) is 0 Å². The summed E-state index contributed by atoms with van der Waals surface area (Å²) in [7, 11) is 0. The molecule has 0 aliphatic heterocycles. The summed E-state index contributed by atoms with van der Waals surface area (Å²) in [6.07, 6.45) is -2.17. The fraction of sp³-hybridized carbons (Fsp3) is 0.333. The molecule has 0 spiro atoms. The van der Waals surface area contributed by atoms with Crippen LogP contribution in [0.2, 0.25) is 0 Å². The molecule has 0 bridgehead atoms. The van der Waals surface area contributed by atoms with Crippen LogP contribution in [0.25, 0.3) is 0 Å². The topological polar surface area (TPSA) is 0 Å². The maximum absolute atomic E-state index is 11.3. The van der Waals surface area contributed by atoms with Crippen LogP contribution in [-0.4, -0.2) is 11.5 Å². The average Bonchev–Trinajstić information content (AvgIpc) is 1.85. The van der Waals surface area contributed by atoms with Gasteiger partial charge in [0.2, 0.25) is 0 Å². The Morgan fingerprint density at radius 2 is 1.25 bits per heavy atom. The van der Waals surface area contributed by atoms with Gasteiger partial charge >= 0.3 is 0 Å². The second kappa shape index (κ2) is 8.99. The van der Waals surface area contributed by atoms with Gasteiger partial charge in [0.1, 0.15) is 0 Å². The fourth-order valence-electron chi connectivity index (χ4n) is 0.312. The van der Waals surface area contributed by atoms with Gasteiger partial charge in [0.25, 0.3) is 12.2 Å². The van der Waals surface area contributed by atoms with Gasteiger partial charge in [-0.15, -0.1) is 0 Å². The Balaban J connectivity index is 0. The zero-order chi connectivity index (χ0) is 8.69. The van der Waals surface area contributed by atoms with Gasteiger partial charge in [-0.3, -0.25) is 0 Å². The second-order valence-electron chi connectivity index (χ2n) is 1.52. The third kappa shape index (κ3) is 12.6. The van der Waals surface area contributed by atoms with E-state index < -0.39 is 12.2 Å². The molecule has 0 unspecified atom stereocenters. The number of thioether (sulfide) groups is 1. The van der Waals surface area contributed by atoms with Crippen molar-refractivity contribution in [3.8, 4) is 0 Å². The number of rotatable bonds is 4. The minimum atomic E-state index is -1.78. The first-order valence-corrected chi connectivity index (χ1v) is 3.88. The quantitative estimate of drug-likeness (QED) is 0.517. The van der Waals surface area contributed by atoms with E-state index in [1.54, 1.807) is 0 Å². The summed E-state index contributed by atoms with van der Waals surface area (Å²) in [6, 6.07) is 0. The Bertz CT molecular complexity index is 141. The normalized spacial score (nSPS) is 8.33. The van der Waals surface area contributed by atoms with Crippen LogP contribution in [0, 0.1) is 0 Å². The summed E-state index contributed by atoms with van der Waals surface area (Å²) >= 11 is 0.997. The van der Waals surface area contributed by atoms with E-state index in [4.69, 9.17) is 0 Å². The van der Waals surface area contributed by atoms with Crippen LogP contribution in [0.15, 0.2) is 24.3 Å². The van der Waals surface area contributed by atoms with Gasteiger partial charge in [0, 0.05) is 11.5 Å². The molecule has 72 valence electrons. The van der Waals surface area contributed by atoms with Gasteiger partial charge in [-0.1, -0.05) is 0 Å². The molecular weight excluding hydrogens is 212 g/mol. The van der Waals surface area contributed by atoms with Crippen molar-refractivity contribution >= 4 is 25.3 Å². The second-order valence-corrected chi connectivity index (χ2v) is 2.60. The molecule has 0 atom stereocenters. The zero-order valence-corrected chi connectivity index (χ0v) is 7.81. The van der Waals surface area contributed by atoms with Gasteiger partial charge in [0.15, 0.2) is 0 Å². The Morgan fingerprint density at radius 3 is 1.50 bits per heavy atom. The molecule has 12 heavy (non-hydrogen) atoms. The van der Waals surface area contributed by atoms with E-state index in [9.17, 15) is 17.6 Å². The summed E-state index contributed by atoms with van der Waals surface area (Å²) in [5.41, 5.74) is 0. The lowest BCUT2D eigenvalue weighted by Gasteiger charge is -1.88. The van der Waals surface area contributed by atoms with E-state index in [-0.39, 0.29) is 25.0 Å². The lowest BCUT2D eigenvalue weighted by Crippen LogP contribution is -1.75. The molecule has 0 saturated carbocycles. The highest BCUT2D eigenvalue weighted by molar-refractivity contribution is 7.99. The van der Waals surface area contributed by atoms with Crippen molar-refractivity contribution in [2.24, 2.45) is 0 Å². The molecule has 0 aromatic rings. The van der Waals surface area contributed by atoms with Crippen molar-refractivity contribution < 1.29 is 17.6 Å². The van der Waals surface area contributed by atoms with E-state index in [1.807, 2.05) is 0 Å². The van der Waals surface area contributed by atoms with Crippen molar-refractivity contribution in [2.45, 2.75) is 0 Å². The highest BCUT2D eigenvalue weighted by atomic mass is 32.2. The first-order valence-electron chi connectivity index (χ1n) is 2.73. The fourth-order valence-corrected chi connectivity index (χ4v) is 0.936. The van der Waals surface area contributed by atoms with Crippen molar-refractivity contribution in [3.63, 3.8) is 0 Å². The first-order chi connectivity index (χ1) is 5.13. The maximum Gasteiger partial charge on any atom is 0.267 e. The van der Waals surface area contributed by atoms with Gasteiger partial charge in [0.05, 0.1) is 0 Å². The minimum absolute atomic E-state index is 0. The zero-order valence-electron chi connectivity index (χ0n) is 5.99. The number of halogens is 4. The van der Waals surface area contributed by atoms with Crippen molar-refractivity contribution in [2.75, 3.05) is 11.5 Å². The van der Waals surface area contributed by atoms with Gasteiger partial charge in [-0.2, -0.15) is 42.8 Å².